The molecule has 1 aromatic heterocycles. The highest BCUT2D eigenvalue weighted by atomic mass is 32.2. The van der Waals surface area contributed by atoms with Crippen LogP contribution in [0.15, 0.2) is 53.4 Å². The summed E-state index contributed by atoms with van der Waals surface area (Å²) in [5.41, 5.74) is 11.1. The number of aryl methyl sites for hydroxylation is 2. The van der Waals surface area contributed by atoms with Crippen LogP contribution in [0.3, 0.4) is 0 Å². The van der Waals surface area contributed by atoms with Crippen molar-refractivity contribution in [2.75, 3.05) is 31.7 Å². The fourth-order valence-electron chi connectivity index (χ4n) is 4.32. The summed E-state index contributed by atoms with van der Waals surface area (Å²) in [5, 5.41) is 7.00. The average Bonchev–Trinajstić information content (AvgIpc) is 2.92. The molecule has 0 saturated carbocycles. The molecule has 1 unspecified atom stereocenters. The first-order valence-corrected chi connectivity index (χ1v) is 13.2. The van der Waals surface area contributed by atoms with Crippen LogP contribution >= 0.6 is 11.9 Å². The minimum absolute atomic E-state index is 0.0754. The third-order valence-corrected chi connectivity index (χ3v) is 6.89. The summed E-state index contributed by atoms with van der Waals surface area (Å²) >= 11 is 1.35. The third-order valence-electron chi connectivity index (χ3n) is 6.12. The topological polar surface area (TPSA) is 120 Å². The van der Waals surface area contributed by atoms with Crippen LogP contribution in [-0.2, 0) is 4.74 Å². The maximum absolute atomic E-state index is 11.1. The molecule has 1 aliphatic heterocycles. The van der Waals surface area contributed by atoms with E-state index in [2.05, 4.69) is 35.7 Å². The Morgan fingerprint density at radius 3 is 2.54 bits per heavy atom. The maximum atomic E-state index is 11.1. The monoisotopic (exact) mass is 524 g/mol. The molecule has 0 amide bonds. The molecule has 0 spiro atoms. The van der Waals surface area contributed by atoms with E-state index in [0.29, 0.717) is 29.9 Å². The number of ether oxygens (including phenoxy) is 2. The summed E-state index contributed by atoms with van der Waals surface area (Å²) in [6, 6.07) is 15.3. The summed E-state index contributed by atoms with van der Waals surface area (Å²) in [7, 11) is 1.00. The highest BCUT2D eigenvalue weighted by Gasteiger charge is 2.18. The maximum Gasteiger partial charge on any atom is 0.237 e. The number of hydrogen-bond donors (Lipinski definition) is 3. The van der Waals surface area contributed by atoms with Gasteiger partial charge in [-0.25, -0.2) is 4.98 Å². The van der Waals surface area contributed by atoms with E-state index >= 15 is 0 Å². The van der Waals surface area contributed by atoms with Gasteiger partial charge in [-0.05, 0) is 74.2 Å². The number of hydrogen-bond acceptors (Lipinski definition) is 9. The van der Waals surface area contributed by atoms with Gasteiger partial charge in [-0.15, -0.1) is 0 Å². The van der Waals surface area contributed by atoms with Gasteiger partial charge in [-0.3, -0.25) is 9.52 Å². The van der Waals surface area contributed by atoms with Gasteiger partial charge in [0.05, 0.1) is 5.69 Å². The van der Waals surface area contributed by atoms with E-state index in [0.717, 1.165) is 73.2 Å². The van der Waals surface area contributed by atoms with Crippen molar-refractivity contribution in [1.29, 1.82) is 0 Å². The quantitative estimate of drug-likeness (QED) is 0.253. The largest absolute Gasteiger partial charge is 0.476 e. The van der Waals surface area contributed by atoms with Crippen molar-refractivity contribution in [3.05, 3.63) is 65.2 Å². The van der Waals surface area contributed by atoms with E-state index in [4.69, 9.17) is 25.3 Å². The number of carbonyl (C=O) groups excluding carboxylic acids is 1. The van der Waals surface area contributed by atoms with Crippen LogP contribution in [0.4, 0.5) is 5.95 Å². The lowest BCUT2D eigenvalue weighted by molar-refractivity contribution is 0.0599. The van der Waals surface area contributed by atoms with E-state index < -0.39 is 0 Å². The van der Waals surface area contributed by atoms with Crippen LogP contribution in [0.1, 0.15) is 40.7 Å². The molecule has 37 heavy (non-hydrogen) atoms. The molecular weight excluding hydrogens is 488 g/mol. The van der Waals surface area contributed by atoms with Crippen molar-refractivity contribution in [2.24, 2.45) is 11.7 Å². The van der Waals surface area contributed by atoms with Crippen molar-refractivity contribution in [1.82, 2.24) is 9.97 Å². The Labute approximate surface area is 223 Å². The second kappa shape index (κ2) is 14.7. The number of rotatable bonds is 10. The average molecular weight is 525 g/mol. The summed E-state index contributed by atoms with van der Waals surface area (Å²) in [5.74, 6) is 1.48. The predicted octanol–water partition coefficient (Wildman–Crippen LogP) is 4.82. The number of nitrogens with zero attached hydrogens (tertiary/aromatic N) is 2. The first-order chi connectivity index (χ1) is 18.0. The summed E-state index contributed by atoms with van der Waals surface area (Å²) in [4.78, 5) is 21.3. The molecule has 1 saturated heterocycles. The van der Waals surface area contributed by atoms with Crippen LogP contribution in [0.25, 0.3) is 11.3 Å². The zero-order valence-corrected chi connectivity index (χ0v) is 22.5. The number of carbonyl (C=O) groups is 1. The Morgan fingerprint density at radius 1 is 1.14 bits per heavy atom. The molecule has 0 bridgehead atoms. The lowest BCUT2D eigenvalue weighted by Crippen LogP contribution is -2.32. The lowest BCUT2D eigenvalue weighted by atomic mass is 9.93. The zero-order valence-electron chi connectivity index (χ0n) is 21.6. The Morgan fingerprint density at radius 2 is 1.84 bits per heavy atom. The Bertz CT molecular complexity index is 1130. The molecule has 0 aliphatic carbocycles. The standard InChI is InChI=1S/C27H32N4O3S.CH4O/c1-18-5-3-6-19(2)26(18)24-15-25(34-17-22(28)13-20-9-11-33-12-10-20)30-27(29-24)31-35-23-8-4-7-21(14-23)16-32;1-2/h3-8,14-16,20,22H,9-13,17,28H2,1-2H3,(H,29,30,31);2H,1H3. The minimum atomic E-state index is -0.0754. The molecule has 0 radical (unpaired) electrons. The zero-order chi connectivity index (χ0) is 26.6. The molecule has 9 heteroatoms. The van der Waals surface area contributed by atoms with Gasteiger partial charge < -0.3 is 20.3 Å². The summed E-state index contributed by atoms with van der Waals surface area (Å²) in [6.45, 7) is 6.15. The van der Waals surface area contributed by atoms with Gasteiger partial charge in [0, 0.05) is 48.5 Å². The van der Waals surface area contributed by atoms with Crippen LogP contribution in [0.2, 0.25) is 0 Å². The van der Waals surface area contributed by atoms with E-state index in [1.54, 1.807) is 6.07 Å². The Balaban J connectivity index is 0.00000186. The number of benzene rings is 2. The molecule has 2 aromatic carbocycles. The van der Waals surface area contributed by atoms with Gasteiger partial charge >= 0.3 is 0 Å². The second-order valence-electron chi connectivity index (χ2n) is 8.94. The van der Waals surface area contributed by atoms with Crippen LogP contribution in [-0.4, -0.2) is 54.3 Å². The van der Waals surface area contributed by atoms with E-state index in [-0.39, 0.29) is 6.04 Å². The van der Waals surface area contributed by atoms with Crippen molar-refractivity contribution in [3.8, 4) is 17.1 Å². The number of aliphatic hydroxyl groups excluding tert-OH is 1. The Kier molecular flexibility index (Phi) is 11.3. The number of aromatic nitrogens is 2. The van der Waals surface area contributed by atoms with Gasteiger partial charge in [0.2, 0.25) is 11.8 Å². The van der Waals surface area contributed by atoms with Crippen molar-refractivity contribution in [3.63, 3.8) is 0 Å². The SMILES string of the molecule is CO.Cc1cccc(C)c1-c1cc(OCC(N)CC2CCOCC2)nc(NSc2cccc(C=O)c2)n1. The molecule has 3 aromatic rings. The van der Waals surface area contributed by atoms with Crippen LogP contribution in [0.5, 0.6) is 5.88 Å². The Hall–Kier alpha value is -2.98. The molecule has 2 heterocycles. The molecule has 1 atom stereocenters. The van der Waals surface area contributed by atoms with Gasteiger partial charge in [0.25, 0.3) is 0 Å². The highest BCUT2D eigenvalue weighted by Crippen LogP contribution is 2.30. The van der Waals surface area contributed by atoms with Gasteiger partial charge in [-0.2, -0.15) is 4.98 Å². The van der Waals surface area contributed by atoms with Crippen molar-refractivity contribution in [2.45, 2.75) is 44.0 Å². The van der Waals surface area contributed by atoms with Crippen molar-refractivity contribution >= 4 is 24.2 Å². The first-order valence-electron chi connectivity index (χ1n) is 12.4. The fraction of sp³-hybridized carbons (Fsp3) is 0.393. The van der Waals surface area contributed by atoms with E-state index in [1.165, 1.54) is 11.9 Å². The summed E-state index contributed by atoms with van der Waals surface area (Å²) in [6.07, 6.45) is 3.84. The molecule has 1 fully saturated rings. The predicted molar refractivity (Wildman–Crippen MR) is 148 cm³/mol. The molecule has 198 valence electrons. The lowest BCUT2D eigenvalue weighted by Gasteiger charge is -2.24. The molecule has 4 N–H and O–H groups in total. The fourth-order valence-corrected chi connectivity index (χ4v) is 4.96. The molecule has 8 nitrogen and oxygen atoms in total. The van der Waals surface area contributed by atoms with Crippen LogP contribution < -0.4 is 15.2 Å². The third kappa shape index (κ3) is 8.53. The number of nitrogens with two attached hydrogens (primary N) is 1. The van der Waals surface area contributed by atoms with Crippen molar-refractivity contribution < 1.29 is 19.4 Å². The molecular formula is C28H36N4O4S. The number of aliphatic hydroxyl groups is 1. The van der Waals surface area contributed by atoms with Gasteiger partial charge in [0.1, 0.15) is 12.9 Å². The van der Waals surface area contributed by atoms with E-state index in [9.17, 15) is 4.79 Å². The number of aldehydes is 1. The smallest absolute Gasteiger partial charge is 0.237 e. The number of anilines is 1. The first kappa shape index (κ1) is 28.6. The second-order valence-corrected chi connectivity index (χ2v) is 9.82. The molecule has 4 rings (SSSR count). The highest BCUT2D eigenvalue weighted by molar-refractivity contribution is 8.00. The normalized spacial score (nSPS) is 14.3. The van der Waals surface area contributed by atoms with E-state index in [1.807, 2.05) is 30.3 Å². The van der Waals surface area contributed by atoms with Crippen LogP contribution in [0, 0.1) is 19.8 Å². The van der Waals surface area contributed by atoms with Gasteiger partial charge in [0.15, 0.2) is 0 Å². The molecule has 1 aliphatic rings. The minimum Gasteiger partial charge on any atom is -0.476 e. The number of nitrogens with one attached hydrogen (secondary N) is 1. The summed E-state index contributed by atoms with van der Waals surface area (Å²) < 4.78 is 14.7. The van der Waals surface area contributed by atoms with Gasteiger partial charge in [-0.1, -0.05) is 30.3 Å².